The third-order valence-corrected chi connectivity index (χ3v) is 8.64. The summed E-state index contributed by atoms with van der Waals surface area (Å²) in [4.78, 5) is 27.4. The molecule has 184 valence electrons. The van der Waals surface area contributed by atoms with Crippen molar-refractivity contribution in [2.45, 2.75) is 31.5 Å². The molecule has 0 aliphatic rings. The van der Waals surface area contributed by atoms with E-state index in [4.69, 9.17) is 0 Å². The van der Waals surface area contributed by atoms with Gasteiger partial charge >= 0.3 is 11.9 Å². The van der Waals surface area contributed by atoms with Crippen molar-refractivity contribution in [2.24, 2.45) is 0 Å². The van der Waals surface area contributed by atoms with E-state index in [2.05, 4.69) is 4.98 Å². The molecule has 2 heterocycles. The third-order valence-electron chi connectivity index (χ3n) is 5.33. The van der Waals surface area contributed by atoms with Crippen LogP contribution in [0.1, 0.15) is 22.4 Å². The summed E-state index contributed by atoms with van der Waals surface area (Å²) in [5, 5.41) is 0.879. The van der Waals surface area contributed by atoms with E-state index in [-0.39, 0.29) is 16.3 Å². The van der Waals surface area contributed by atoms with Crippen LogP contribution in [-0.4, -0.2) is 18.4 Å². The van der Waals surface area contributed by atoms with Gasteiger partial charge in [0.25, 0.3) is 15.6 Å². The van der Waals surface area contributed by atoms with Gasteiger partial charge in [0, 0.05) is 10.4 Å². The highest BCUT2D eigenvalue weighted by Crippen LogP contribution is 2.41. The predicted octanol–water partition coefficient (Wildman–Crippen LogP) is 4.45. The van der Waals surface area contributed by atoms with Crippen LogP contribution in [-0.2, 0) is 22.7 Å². The average Bonchev–Trinajstić information content (AvgIpc) is 3.07. The lowest BCUT2D eigenvalue weighted by Crippen LogP contribution is -2.37. The largest absolute Gasteiger partial charge is 0.419 e. The van der Waals surface area contributed by atoms with Crippen LogP contribution in [0.5, 0.6) is 0 Å². The maximum Gasteiger partial charge on any atom is 0.419 e. The highest BCUT2D eigenvalue weighted by molar-refractivity contribution is 7.93. The zero-order valence-corrected chi connectivity index (χ0v) is 19.8. The standard InChI is InChI=1S/C22H17F4N3O4S2/c1-11-14-5-3-4-6-17(14)34-20(11)29(10-13-7-8-16(23)15(9-13)22(24,25)26)35(32,33)18-12(2)27-21(31)28-19(18)30/h3-9H,10H2,1-2H3,(H2,27,28,30,31). The van der Waals surface area contributed by atoms with Gasteiger partial charge in [-0.3, -0.25) is 14.1 Å². The minimum atomic E-state index is -5.00. The molecule has 0 unspecified atom stereocenters. The number of nitrogens with one attached hydrogen (secondary N) is 2. The van der Waals surface area contributed by atoms with Gasteiger partial charge in [-0.05, 0) is 48.6 Å². The number of halogens is 4. The molecule has 2 aromatic heterocycles. The summed E-state index contributed by atoms with van der Waals surface area (Å²) >= 11 is 1.07. The number of fused-ring (bicyclic) bond motifs is 1. The second-order valence-corrected chi connectivity index (χ2v) is 10.5. The Morgan fingerprint density at radius 1 is 1.03 bits per heavy atom. The predicted molar refractivity (Wildman–Crippen MR) is 124 cm³/mol. The van der Waals surface area contributed by atoms with Crippen LogP contribution in [0, 0.1) is 19.7 Å². The molecule has 4 rings (SSSR count). The van der Waals surface area contributed by atoms with Gasteiger partial charge in [0.05, 0.1) is 12.1 Å². The highest BCUT2D eigenvalue weighted by Gasteiger charge is 2.36. The molecule has 13 heteroatoms. The van der Waals surface area contributed by atoms with Crippen molar-refractivity contribution in [3.8, 4) is 0 Å². The van der Waals surface area contributed by atoms with Gasteiger partial charge in [0.15, 0.2) is 4.90 Å². The number of sulfonamides is 1. The molecule has 0 atom stereocenters. The summed E-state index contributed by atoms with van der Waals surface area (Å²) in [5.74, 6) is -1.50. The van der Waals surface area contributed by atoms with Gasteiger partial charge in [-0.1, -0.05) is 24.3 Å². The van der Waals surface area contributed by atoms with E-state index in [9.17, 15) is 35.6 Å². The van der Waals surface area contributed by atoms with E-state index >= 15 is 0 Å². The molecule has 2 N–H and O–H groups in total. The van der Waals surface area contributed by atoms with Crippen LogP contribution in [0.15, 0.2) is 56.9 Å². The van der Waals surface area contributed by atoms with Crippen molar-refractivity contribution in [1.29, 1.82) is 0 Å². The smallest absolute Gasteiger partial charge is 0.310 e. The van der Waals surface area contributed by atoms with E-state index in [1.807, 2.05) is 4.98 Å². The van der Waals surface area contributed by atoms with Crippen LogP contribution < -0.4 is 15.6 Å². The normalized spacial score (nSPS) is 12.3. The first-order valence-corrected chi connectivity index (χ1v) is 12.3. The number of rotatable bonds is 5. The fourth-order valence-electron chi connectivity index (χ4n) is 3.73. The molecule has 0 amide bonds. The minimum absolute atomic E-state index is 0.155. The average molecular weight is 528 g/mol. The van der Waals surface area contributed by atoms with E-state index in [1.165, 1.54) is 6.92 Å². The number of nitrogens with zero attached hydrogens (tertiary/aromatic N) is 1. The summed E-state index contributed by atoms with van der Waals surface area (Å²) in [7, 11) is -4.70. The molecule has 0 fully saturated rings. The number of H-pyrrole nitrogens is 2. The molecule has 0 saturated heterocycles. The van der Waals surface area contributed by atoms with Gasteiger partial charge in [0.2, 0.25) is 0 Å². The number of alkyl halides is 3. The van der Waals surface area contributed by atoms with Crippen LogP contribution in [0.4, 0.5) is 22.6 Å². The van der Waals surface area contributed by atoms with Crippen LogP contribution in [0.3, 0.4) is 0 Å². The fraction of sp³-hybridized carbons (Fsp3) is 0.182. The Balaban J connectivity index is 1.96. The zero-order chi connectivity index (χ0) is 25.7. The number of aromatic amines is 2. The third kappa shape index (κ3) is 4.48. The number of aromatic nitrogens is 2. The molecule has 0 spiro atoms. The number of benzene rings is 2. The lowest BCUT2D eigenvalue weighted by molar-refractivity contribution is -0.140. The Bertz CT molecular complexity index is 1670. The van der Waals surface area contributed by atoms with Crippen molar-refractivity contribution < 1.29 is 26.0 Å². The Hall–Kier alpha value is -3.45. The van der Waals surface area contributed by atoms with Crippen molar-refractivity contribution >= 4 is 36.4 Å². The summed E-state index contributed by atoms with van der Waals surface area (Å²) in [5.41, 5.74) is -3.51. The Morgan fingerprint density at radius 3 is 2.34 bits per heavy atom. The van der Waals surface area contributed by atoms with Crippen LogP contribution >= 0.6 is 11.3 Å². The summed E-state index contributed by atoms with van der Waals surface area (Å²) in [6, 6.07) is 9.18. The molecule has 0 aliphatic carbocycles. The van der Waals surface area contributed by atoms with Crippen LogP contribution in [0.25, 0.3) is 10.1 Å². The Labute approximate surface area is 199 Å². The van der Waals surface area contributed by atoms with Crippen molar-refractivity contribution in [2.75, 3.05) is 4.31 Å². The quantitative estimate of drug-likeness (QED) is 0.375. The Kier molecular flexibility index (Phi) is 6.09. The van der Waals surface area contributed by atoms with Crippen molar-refractivity contribution in [1.82, 2.24) is 9.97 Å². The van der Waals surface area contributed by atoms with Crippen molar-refractivity contribution in [3.63, 3.8) is 0 Å². The number of thiophene rings is 1. The first-order valence-electron chi connectivity index (χ1n) is 10.0. The molecule has 35 heavy (non-hydrogen) atoms. The fourth-order valence-corrected chi connectivity index (χ4v) is 6.87. The molecular formula is C22H17F4N3O4S2. The lowest BCUT2D eigenvalue weighted by atomic mass is 10.1. The molecule has 4 aromatic rings. The maximum absolute atomic E-state index is 13.8. The van der Waals surface area contributed by atoms with Gasteiger partial charge < -0.3 is 4.98 Å². The molecule has 0 radical (unpaired) electrons. The Morgan fingerprint density at radius 2 is 1.71 bits per heavy atom. The second kappa shape index (κ2) is 8.64. The van der Waals surface area contributed by atoms with Gasteiger partial charge in [-0.2, -0.15) is 13.2 Å². The molecule has 7 nitrogen and oxygen atoms in total. The molecule has 0 aliphatic heterocycles. The summed E-state index contributed by atoms with van der Waals surface area (Å²) < 4.78 is 82.7. The highest BCUT2D eigenvalue weighted by atomic mass is 32.2. The minimum Gasteiger partial charge on any atom is -0.310 e. The monoisotopic (exact) mass is 527 g/mol. The summed E-state index contributed by atoms with van der Waals surface area (Å²) in [6.07, 6.45) is -5.00. The number of hydrogen-bond donors (Lipinski definition) is 2. The number of anilines is 1. The number of aryl methyl sites for hydroxylation is 2. The van der Waals surface area contributed by atoms with Gasteiger partial charge in [0.1, 0.15) is 10.8 Å². The molecule has 0 bridgehead atoms. The number of hydrogen-bond acceptors (Lipinski definition) is 5. The van der Waals surface area contributed by atoms with E-state index in [0.29, 0.717) is 22.4 Å². The topological polar surface area (TPSA) is 103 Å². The van der Waals surface area contributed by atoms with Crippen molar-refractivity contribution in [3.05, 3.63) is 91.5 Å². The van der Waals surface area contributed by atoms with E-state index < -0.39 is 50.3 Å². The first kappa shape index (κ1) is 24.7. The summed E-state index contributed by atoms with van der Waals surface area (Å²) in [6.45, 7) is 2.24. The molecule has 2 aromatic carbocycles. The van der Waals surface area contributed by atoms with E-state index in [0.717, 1.165) is 27.1 Å². The maximum atomic E-state index is 13.8. The van der Waals surface area contributed by atoms with Crippen LogP contribution in [0.2, 0.25) is 0 Å². The first-order chi connectivity index (χ1) is 16.3. The van der Waals surface area contributed by atoms with E-state index in [1.54, 1.807) is 31.2 Å². The van der Waals surface area contributed by atoms with Gasteiger partial charge in [-0.25, -0.2) is 17.6 Å². The molecule has 0 saturated carbocycles. The SMILES string of the molecule is Cc1[nH]c(=O)[nH]c(=O)c1S(=O)(=O)N(Cc1ccc(F)c(C(F)(F)F)c1)c1sc2ccccc2c1C. The molecular weight excluding hydrogens is 510 g/mol. The zero-order valence-electron chi connectivity index (χ0n) is 18.2. The van der Waals surface area contributed by atoms with Gasteiger partial charge in [-0.15, -0.1) is 11.3 Å². The second-order valence-electron chi connectivity index (χ2n) is 7.71. The lowest BCUT2D eigenvalue weighted by Gasteiger charge is -2.24.